The van der Waals surface area contributed by atoms with Crippen LogP contribution in [0.1, 0.15) is 18.4 Å². The van der Waals surface area contributed by atoms with Crippen LogP contribution in [0, 0.1) is 0 Å². The van der Waals surface area contributed by atoms with Crippen LogP contribution < -0.4 is 16.2 Å². The SMILES string of the molecule is NCc1ccc(S(=O)(=O)NCCCC(N)=O)cc1. The van der Waals surface area contributed by atoms with Gasteiger partial charge in [-0.2, -0.15) is 0 Å². The fourth-order valence-corrected chi connectivity index (χ4v) is 2.43. The van der Waals surface area contributed by atoms with Crippen molar-refractivity contribution in [2.45, 2.75) is 24.3 Å². The van der Waals surface area contributed by atoms with Crippen LogP contribution in [-0.2, 0) is 21.4 Å². The second kappa shape index (κ2) is 6.48. The molecule has 0 saturated heterocycles. The molecule has 0 bridgehead atoms. The molecule has 0 saturated carbocycles. The van der Waals surface area contributed by atoms with Gasteiger partial charge in [-0.1, -0.05) is 12.1 Å². The predicted molar refractivity (Wildman–Crippen MR) is 68.0 cm³/mol. The minimum absolute atomic E-state index is 0.161. The van der Waals surface area contributed by atoms with Crippen LogP contribution in [0.15, 0.2) is 29.2 Å². The molecule has 0 unspecified atom stereocenters. The summed E-state index contributed by atoms with van der Waals surface area (Å²) < 4.78 is 26.0. The van der Waals surface area contributed by atoms with Gasteiger partial charge in [-0.3, -0.25) is 4.79 Å². The molecule has 7 heteroatoms. The highest BCUT2D eigenvalue weighted by atomic mass is 32.2. The molecule has 18 heavy (non-hydrogen) atoms. The molecule has 0 spiro atoms. The number of hydrogen-bond donors (Lipinski definition) is 3. The number of nitrogens with two attached hydrogens (primary N) is 2. The molecule has 1 aromatic rings. The fourth-order valence-electron chi connectivity index (χ4n) is 1.36. The molecular formula is C11H17N3O3S. The van der Waals surface area contributed by atoms with Crippen molar-refractivity contribution >= 4 is 15.9 Å². The van der Waals surface area contributed by atoms with E-state index in [1.807, 2.05) is 0 Å². The third kappa shape index (κ3) is 4.44. The average Bonchev–Trinajstić information content (AvgIpc) is 2.34. The molecule has 100 valence electrons. The molecular weight excluding hydrogens is 254 g/mol. The van der Waals surface area contributed by atoms with Gasteiger partial charge >= 0.3 is 0 Å². The molecule has 1 amide bonds. The van der Waals surface area contributed by atoms with Crippen LogP contribution in [0.4, 0.5) is 0 Å². The minimum atomic E-state index is -3.53. The van der Waals surface area contributed by atoms with Crippen molar-refractivity contribution in [1.82, 2.24) is 4.72 Å². The van der Waals surface area contributed by atoms with Crippen molar-refractivity contribution in [2.75, 3.05) is 6.54 Å². The first-order chi connectivity index (χ1) is 8.45. The Morgan fingerprint density at radius 3 is 2.33 bits per heavy atom. The van der Waals surface area contributed by atoms with Gasteiger partial charge < -0.3 is 11.5 Å². The number of carbonyl (C=O) groups is 1. The Bertz CT molecular complexity index is 497. The molecule has 0 fully saturated rings. The van der Waals surface area contributed by atoms with Gasteiger partial charge in [0.15, 0.2) is 0 Å². The monoisotopic (exact) mass is 271 g/mol. The number of nitrogens with one attached hydrogen (secondary N) is 1. The second-order valence-corrected chi connectivity index (χ2v) is 5.58. The van der Waals surface area contributed by atoms with Gasteiger partial charge in [-0.05, 0) is 24.1 Å². The first kappa shape index (κ1) is 14.6. The summed E-state index contributed by atoms with van der Waals surface area (Å²) in [5.41, 5.74) is 11.2. The zero-order valence-electron chi connectivity index (χ0n) is 9.93. The van der Waals surface area contributed by atoms with Crippen molar-refractivity contribution < 1.29 is 13.2 Å². The molecule has 0 aliphatic rings. The Kier molecular flexibility index (Phi) is 5.26. The van der Waals surface area contributed by atoms with Crippen LogP contribution in [-0.4, -0.2) is 20.9 Å². The Labute approximate surface area is 106 Å². The van der Waals surface area contributed by atoms with E-state index in [1.165, 1.54) is 12.1 Å². The highest BCUT2D eigenvalue weighted by Gasteiger charge is 2.12. The zero-order chi connectivity index (χ0) is 13.6. The lowest BCUT2D eigenvalue weighted by Gasteiger charge is -2.06. The number of hydrogen-bond acceptors (Lipinski definition) is 4. The summed E-state index contributed by atoms with van der Waals surface area (Å²) in [5, 5.41) is 0. The van der Waals surface area contributed by atoms with Crippen molar-refractivity contribution in [1.29, 1.82) is 0 Å². The van der Waals surface area contributed by atoms with Crippen LogP contribution >= 0.6 is 0 Å². The first-order valence-corrected chi connectivity index (χ1v) is 7.01. The maximum Gasteiger partial charge on any atom is 0.240 e. The van der Waals surface area contributed by atoms with E-state index in [0.717, 1.165) is 5.56 Å². The van der Waals surface area contributed by atoms with E-state index in [4.69, 9.17) is 11.5 Å². The molecule has 6 nitrogen and oxygen atoms in total. The zero-order valence-corrected chi connectivity index (χ0v) is 10.7. The van der Waals surface area contributed by atoms with E-state index in [-0.39, 0.29) is 17.9 Å². The average molecular weight is 271 g/mol. The van der Waals surface area contributed by atoms with Gasteiger partial charge in [0.05, 0.1) is 4.90 Å². The fraction of sp³-hybridized carbons (Fsp3) is 0.364. The molecule has 5 N–H and O–H groups in total. The van der Waals surface area contributed by atoms with Crippen molar-refractivity contribution in [3.8, 4) is 0 Å². The normalized spacial score (nSPS) is 11.4. The maximum absolute atomic E-state index is 11.8. The summed E-state index contributed by atoms with van der Waals surface area (Å²) in [4.78, 5) is 10.7. The highest BCUT2D eigenvalue weighted by molar-refractivity contribution is 7.89. The number of primary amides is 1. The van der Waals surface area contributed by atoms with Crippen LogP contribution in [0.3, 0.4) is 0 Å². The van der Waals surface area contributed by atoms with E-state index in [1.54, 1.807) is 12.1 Å². The van der Waals surface area contributed by atoms with Crippen molar-refractivity contribution in [3.63, 3.8) is 0 Å². The summed E-state index contributed by atoms with van der Waals surface area (Å²) >= 11 is 0. The molecule has 1 aromatic carbocycles. The molecule has 0 atom stereocenters. The predicted octanol–water partition coefficient (Wildman–Crippen LogP) is -0.311. The summed E-state index contributed by atoms with van der Waals surface area (Å²) in [6, 6.07) is 6.33. The van der Waals surface area contributed by atoms with Crippen LogP contribution in [0.25, 0.3) is 0 Å². The van der Waals surface area contributed by atoms with Gasteiger partial charge in [0, 0.05) is 19.5 Å². The Hall–Kier alpha value is -1.44. The van der Waals surface area contributed by atoms with E-state index in [2.05, 4.69) is 4.72 Å². The molecule has 0 aliphatic heterocycles. The summed E-state index contributed by atoms with van der Waals surface area (Å²) in [6.45, 7) is 0.552. The van der Waals surface area contributed by atoms with Gasteiger partial charge in [0.2, 0.25) is 15.9 Å². The van der Waals surface area contributed by atoms with Gasteiger partial charge in [0.1, 0.15) is 0 Å². The standard InChI is InChI=1S/C11H17N3O3S/c12-8-9-3-5-10(6-4-9)18(16,17)14-7-1-2-11(13)15/h3-6,14H,1-2,7-8,12H2,(H2,13,15). The van der Waals surface area contributed by atoms with Crippen molar-refractivity contribution in [2.24, 2.45) is 11.5 Å². The molecule has 0 aliphatic carbocycles. The van der Waals surface area contributed by atoms with E-state index in [0.29, 0.717) is 13.0 Å². The van der Waals surface area contributed by atoms with Gasteiger partial charge in [0.25, 0.3) is 0 Å². The first-order valence-electron chi connectivity index (χ1n) is 5.52. The Balaban J connectivity index is 2.59. The maximum atomic E-state index is 11.8. The number of sulfonamides is 1. The van der Waals surface area contributed by atoms with E-state index >= 15 is 0 Å². The van der Waals surface area contributed by atoms with Crippen molar-refractivity contribution in [3.05, 3.63) is 29.8 Å². The van der Waals surface area contributed by atoms with Crippen LogP contribution in [0.5, 0.6) is 0 Å². The number of amides is 1. The number of benzene rings is 1. The molecule has 0 radical (unpaired) electrons. The Morgan fingerprint density at radius 2 is 1.83 bits per heavy atom. The lowest BCUT2D eigenvalue weighted by molar-refractivity contribution is -0.118. The lowest BCUT2D eigenvalue weighted by Crippen LogP contribution is -2.25. The van der Waals surface area contributed by atoms with Crippen LogP contribution in [0.2, 0.25) is 0 Å². The number of rotatable bonds is 7. The molecule has 0 aromatic heterocycles. The van der Waals surface area contributed by atoms with E-state index < -0.39 is 15.9 Å². The summed E-state index contributed by atoms with van der Waals surface area (Å²) in [5.74, 6) is -0.443. The summed E-state index contributed by atoms with van der Waals surface area (Å²) in [6.07, 6.45) is 0.546. The smallest absolute Gasteiger partial charge is 0.240 e. The molecule has 0 heterocycles. The lowest BCUT2D eigenvalue weighted by atomic mass is 10.2. The summed E-state index contributed by atoms with van der Waals surface area (Å²) in [7, 11) is -3.53. The van der Waals surface area contributed by atoms with Gasteiger partial charge in [-0.15, -0.1) is 0 Å². The Morgan fingerprint density at radius 1 is 1.22 bits per heavy atom. The second-order valence-electron chi connectivity index (χ2n) is 3.82. The highest BCUT2D eigenvalue weighted by Crippen LogP contribution is 2.10. The topological polar surface area (TPSA) is 115 Å². The third-order valence-corrected chi connectivity index (χ3v) is 3.84. The largest absolute Gasteiger partial charge is 0.370 e. The quantitative estimate of drug-likeness (QED) is 0.590. The van der Waals surface area contributed by atoms with Gasteiger partial charge in [-0.25, -0.2) is 13.1 Å². The van der Waals surface area contributed by atoms with E-state index in [9.17, 15) is 13.2 Å². The molecule has 1 rings (SSSR count). The minimum Gasteiger partial charge on any atom is -0.370 e. The third-order valence-electron chi connectivity index (χ3n) is 2.36. The number of carbonyl (C=O) groups excluding carboxylic acids is 1.